The molecule has 0 unspecified atom stereocenters. The summed E-state index contributed by atoms with van der Waals surface area (Å²) in [4.78, 5) is 31.9. The minimum absolute atomic E-state index is 0.0886. The number of hydrogen-bond acceptors (Lipinski definition) is 6. The van der Waals surface area contributed by atoms with Crippen LogP contribution < -0.4 is 5.56 Å². The van der Waals surface area contributed by atoms with Crippen molar-refractivity contribution in [1.29, 1.82) is 0 Å². The summed E-state index contributed by atoms with van der Waals surface area (Å²) < 4.78 is 6.97. The largest absolute Gasteiger partial charge is 0.462 e. The van der Waals surface area contributed by atoms with Gasteiger partial charge in [-0.2, -0.15) is 0 Å². The van der Waals surface area contributed by atoms with E-state index in [2.05, 4.69) is 6.08 Å². The summed E-state index contributed by atoms with van der Waals surface area (Å²) in [5.41, 5.74) is 3.04. The molecule has 2 heterocycles. The van der Waals surface area contributed by atoms with Crippen molar-refractivity contribution < 1.29 is 9.53 Å². The molecule has 4 rings (SSSR count). The molecule has 1 aliphatic carbocycles. The molecule has 8 heteroatoms. The van der Waals surface area contributed by atoms with Gasteiger partial charge in [0, 0.05) is 17.3 Å². The van der Waals surface area contributed by atoms with Crippen LogP contribution >= 0.6 is 34.7 Å². The number of allylic oxidation sites excluding steroid dienone is 2. The lowest BCUT2D eigenvalue weighted by Gasteiger charge is -2.16. The lowest BCUT2D eigenvalue weighted by Crippen LogP contribution is -2.24. The van der Waals surface area contributed by atoms with Gasteiger partial charge in [0.1, 0.15) is 9.71 Å². The monoisotopic (exact) mass is 502 g/mol. The van der Waals surface area contributed by atoms with Crippen LogP contribution in [0.5, 0.6) is 0 Å². The Hall–Kier alpha value is -2.09. The van der Waals surface area contributed by atoms with Crippen molar-refractivity contribution in [2.45, 2.75) is 63.4 Å². The van der Waals surface area contributed by atoms with E-state index < -0.39 is 5.97 Å². The average Bonchev–Trinajstić information content (AvgIpc) is 3.14. The van der Waals surface area contributed by atoms with Crippen LogP contribution in [0, 0.1) is 6.92 Å². The van der Waals surface area contributed by atoms with Gasteiger partial charge in [-0.1, -0.05) is 47.1 Å². The zero-order valence-corrected chi connectivity index (χ0v) is 21.2. The fourth-order valence-electron chi connectivity index (χ4n) is 4.06. The third kappa shape index (κ3) is 5.53. The Morgan fingerprint density at radius 2 is 2.18 bits per heavy atom. The molecule has 0 radical (unpaired) electrons. The van der Waals surface area contributed by atoms with E-state index in [0.29, 0.717) is 49.7 Å². The maximum atomic E-state index is 13.6. The van der Waals surface area contributed by atoms with E-state index in [1.165, 1.54) is 41.5 Å². The molecule has 174 valence electrons. The number of nitrogens with zero attached hydrogens (tertiary/aromatic N) is 2. The van der Waals surface area contributed by atoms with Crippen molar-refractivity contribution in [1.82, 2.24) is 9.55 Å². The second-order valence-corrected chi connectivity index (χ2v) is 10.5. The third-order valence-electron chi connectivity index (χ3n) is 5.77. The van der Waals surface area contributed by atoms with Gasteiger partial charge >= 0.3 is 5.97 Å². The summed E-state index contributed by atoms with van der Waals surface area (Å²) in [6.07, 6.45) is 7.81. The highest BCUT2D eigenvalue weighted by Gasteiger charge is 2.22. The van der Waals surface area contributed by atoms with Crippen molar-refractivity contribution in [2.75, 3.05) is 6.61 Å². The van der Waals surface area contributed by atoms with Crippen LogP contribution in [0.3, 0.4) is 0 Å². The van der Waals surface area contributed by atoms with Gasteiger partial charge in [0.25, 0.3) is 5.56 Å². The first-order chi connectivity index (χ1) is 16.0. The Morgan fingerprint density at radius 3 is 2.91 bits per heavy atom. The predicted molar refractivity (Wildman–Crippen MR) is 137 cm³/mol. The summed E-state index contributed by atoms with van der Waals surface area (Å²) in [6, 6.07) is 7.71. The number of carbonyl (C=O) groups is 1. The van der Waals surface area contributed by atoms with Crippen LogP contribution in [0.2, 0.25) is 5.02 Å². The van der Waals surface area contributed by atoms with Crippen LogP contribution in [0.15, 0.2) is 45.9 Å². The van der Waals surface area contributed by atoms with Crippen LogP contribution in [0.4, 0.5) is 0 Å². The van der Waals surface area contributed by atoms with Crippen molar-refractivity contribution in [3.8, 4) is 0 Å². The number of thiophene rings is 1. The highest BCUT2D eigenvalue weighted by atomic mass is 35.5. The number of fused-ring (bicyclic) bond motifs is 1. The lowest BCUT2D eigenvalue weighted by atomic mass is 9.97. The van der Waals surface area contributed by atoms with Gasteiger partial charge in [-0.05, 0) is 69.2 Å². The van der Waals surface area contributed by atoms with Crippen molar-refractivity contribution >= 4 is 50.9 Å². The molecular formula is C25H27ClN2O3S2. The topological polar surface area (TPSA) is 61.2 Å². The summed E-state index contributed by atoms with van der Waals surface area (Å²) in [5.74, 6) is 0.250. The van der Waals surface area contributed by atoms with Crippen LogP contribution in [0.1, 0.15) is 59.8 Å². The van der Waals surface area contributed by atoms with E-state index in [0.717, 1.165) is 24.8 Å². The third-order valence-corrected chi connectivity index (χ3v) is 8.22. The van der Waals surface area contributed by atoms with Crippen LogP contribution in [-0.4, -0.2) is 22.1 Å². The SMILES string of the molecule is CCOC(=O)c1sc2nc(SCc3cccc(Cl)c3)n(CCC3=CCCCC3)c(=O)c2c1C. The number of hydrogen-bond donors (Lipinski definition) is 0. The Kier molecular flexibility index (Phi) is 7.94. The number of halogens is 1. The summed E-state index contributed by atoms with van der Waals surface area (Å²) in [5, 5.41) is 1.87. The van der Waals surface area contributed by atoms with Crippen molar-refractivity contribution in [3.05, 3.63) is 67.3 Å². The molecule has 0 saturated carbocycles. The minimum atomic E-state index is -0.399. The zero-order valence-electron chi connectivity index (χ0n) is 18.9. The van der Waals surface area contributed by atoms with Crippen molar-refractivity contribution in [2.24, 2.45) is 0 Å². The molecule has 1 aliphatic rings. The number of aryl methyl sites for hydroxylation is 1. The van der Waals surface area contributed by atoms with Gasteiger partial charge in [0.2, 0.25) is 0 Å². The highest BCUT2D eigenvalue weighted by molar-refractivity contribution is 7.98. The molecule has 2 aromatic heterocycles. The lowest BCUT2D eigenvalue weighted by molar-refractivity contribution is 0.0531. The second kappa shape index (κ2) is 10.9. The fourth-order valence-corrected chi connectivity index (χ4v) is 6.36. The standard InChI is InChI=1S/C25H27ClN2O3S2/c1-3-31-24(30)21-16(2)20-22(33-21)27-25(32-15-18-10-7-11-19(26)14-18)28(23(20)29)13-12-17-8-5-4-6-9-17/h7-8,10-11,14H,3-6,9,12-13,15H2,1-2H3. The summed E-state index contributed by atoms with van der Waals surface area (Å²) in [7, 11) is 0. The van der Waals surface area contributed by atoms with Crippen LogP contribution in [-0.2, 0) is 17.0 Å². The molecular weight excluding hydrogens is 476 g/mol. The molecule has 0 spiro atoms. The first-order valence-corrected chi connectivity index (χ1v) is 13.4. The average molecular weight is 503 g/mol. The van der Waals surface area contributed by atoms with E-state index >= 15 is 0 Å². The smallest absolute Gasteiger partial charge is 0.348 e. The molecule has 0 atom stereocenters. The zero-order chi connectivity index (χ0) is 23.4. The van der Waals surface area contributed by atoms with Gasteiger partial charge in [0.15, 0.2) is 5.16 Å². The first kappa shape index (κ1) is 24.0. The molecule has 0 bridgehead atoms. The molecule has 3 aromatic rings. The number of aromatic nitrogens is 2. The normalized spacial score (nSPS) is 13.8. The van der Waals surface area contributed by atoms with E-state index in [9.17, 15) is 9.59 Å². The Bertz CT molecular complexity index is 1260. The Morgan fingerprint density at radius 1 is 1.33 bits per heavy atom. The molecule has 0 amide bonds. The van der Waals surface area contributed by atoms with E-state index in [1.807, 2.05) is 24.3 Å². The minimum Gasteiger partial charge on any atom is -0.462 e. The maximum absolute atomic E-state index is 13.6. The number of esters is 1. The molecule has 5 nitrogen and oxygen atoms in total. The first-order valence-electron chi connectivity index (χ1n) is 11.2. The number of rotatable bonds is 8. The predicted octanol–water partition coefficient (Wildman–Crippen LogP) is 6.78. The van der Waals surface area contributed by atoms with Gasteiger partial charge in [-0.25, -0.2) is 9.78 Å². The van der Waals surface area contributed by atoms with Crippen molar-refractivity contribution in [3.63, 3.8) is 0 Å². The van der Waals surface area contributed by atoms with Crippen LogP contribution in [0.25, 0.3) is 10.2 Å². The number of thioether (sulfide) groups is 1. The van der Waals surface area contributed by atoms with E-state index in [-0.39, 0.29) is 5.56 Å². The molecule has 0 fully saturated rings. The maximum Gasteiger partial charge on any atom is 0.348 e. The van der Waals surface area contributed by atoms with Gasteiger partial charge in [0.05, 0.1) is 12.0 Å². The summed E-state index contributed by atoms with van der Waals surface area (Å²) >= 11 is 8.90. The highest BCUT2D eigenvalue weighted by Crippen LogP contribution is 2.31. The molecule has 0 aliphatic heterocycles. The van der Waals surface area contributed by atoms with E-state index in [1.54, 1.807) is 18.4 Å². The Labute approximate surface area is 206 Å². The quantitative estimate of drug-likeness (QED) is 0.147. The van der Waals surface area contributed by atoms with Gasteiger partial charge in [-0.15, -0.1) is 11.3 Å². The number of ether oxygens (including phenoxy) is 1. The van der Waals surface area contributed by atoms with Gasteiger partial charge < -0.3 is 4.74 Å². The molecule has 0 N–H and O–H groups in total. The second-order valence-electron chi connectivity index (χ2n) is 8.08. The molecule has 33 heavy (non-hydrogen) atoms. The number of carbonyl (C=O) groups excluding carboxylic acids is 1. The molecule has 0 saturated heterocycles. The fraction of sp³-hybridized carbons (Fsp3) is 0.400. The number of benzene rings is 1. The summed E-state index contributed by atoms with van der Waals surface area (Å²) in [6.45, 7) is 4.45. The van der Waals surface area contributed by atoms with E-state index in [4.69, 9.17) is 21.3 Å². The molecule has 1 aromatic carbocycles. The van der Waals surface area contributed by atoms with Gasteiger partial charge in [-0.3, -0.25) is 9.36 Å². The Balaban J connectivity index is 1.72.